The van der Waals surface area contributed by atoms with Crippen molar-refractivity contribution in [1.82, 2.24) is 14.5 Å². The number of benzene rings is 5. The number of nitrogens with one attached hydrogen (secondary N) is 1. The third-order valence-corrected chi connectivity index (χ3v) is 6.57. The normalized spacial score (nSPS) is 11.5. The lowest BCUT2D eigenvalue weighted by molar-refractivity contribution is 1.10. The molecule has 3 nitrogen and oxygen atoms in total. The van der Waals surface area contributed by atoms with Crippen molar-refractivity contribution in [1.29, 1.82) is 0 Å². The van der Waals surface area contributed by atoms with Gasteiger partial charge in [0.25, 0.3) is 0 Å². The second-order valence-electron chi connectivity index (χ2n) is 8.57. The van der Waals surface area contributed by atoms with Crippen LogP contribution in [0.1, 0.15) is 0 Å². The lowest BCUT2D eigenvalue weighted by Crippen LogP contribution is -1.97. The van der Waals surface area contributed by atoms with Gasteiger partial charge < -0.3 is 4.98 Å². The number of aromatic nitrogens is 3. The van der Waals surface area contributed by atoms with Crippen LogP contribution in [0.15, 0.2) is 121 Å². The molecular weight excluding hydrogens is 414 g/mol. The summed E-state index contributed by atoms with van der Waals surface area (Å²) in [6, 6.07) is 42.5. The standard InChI is InChI=1S/C31H21N3/c1-2-9-23(10-3-1)34-29-16-7-6-15-28(29)33-31(34)22-19-17-21(18-20-22)24-12-8-13-26-25-11-4-5-14-27(25)32-30(24)26/h1-20,32H. The third-order valence-electron chi connectivity index (χ3n) is 6.57. The van der Waals surface area contributed by atoms with Crippen molar-refractivity contribution in [2.24, 2.45) is 0 Å². The number of imidazole rings is 1. The summed E-state index contributed by atoms with van der Waals surface area (Å²) >= 11 is 0. The van der Waals surface area contributed by atoms with Crippen LogP contribution in [0, 0.1) is 0 Å². The van der Waals surface area contributed by atoms with Crippen LogP contribution in [0.4, 0.5) is 0 Å². The van der Waals surface area contributed by atoms with Gasteiger partial charge >= 0.3 is 0 Å². The summed E-state index contributed by atoms with van der Waals surface area (Å²) in [4.78, 5) is 8.62. The molecule has 2 heterocycles. The van der Waals surface area contributed by atoms with Gasteiger partial charge in [0.2, 0.25) is 0 Å². The Morgan fingerprint density at radius 3 is 2.15 bits per heavy atom. The SMILES string of the molecule is c1ccc(-n2c(-c3ccc(-c4cccc5c4[nH]c4ccccc45)cc3)nc3ccccc32)cc1. The summed E-state index contributed by atoms with van der Waals surface area (Å²) in [6.07, 6.45) is 0. The lowest BCUT2D eigenvalue weighted by Gasteiger charge is -2.10. The van der Waals surface area contributed by atoms with Crippen molar-refractivity contribution < 1.29 is 0 Å². The largest absolute Gasteiger partial charge is 0.354 e. The van der Waals surface area contributed by atoms with Gasteiger partial charge in [0, 0.05) is 33.1 Å². The molecule has 2 aromatic heterocycles. The fourth-order valence-electron chi connectivity index (χ4n) is 4.97. The first-order valence-corrected chi connectivity index (χ1v) is 11.5. The van der Waals surface area contributed by atoms with E-state index in [1.807, 2.05) is 12.1 Å². The van der Waals surface area contributed by atoms with Gasteiger partial charge in [-0.1, -0.05) is 91.0 Å². The predicted octanol–water partition coefficient (Wildman–Crippen LogP) is 7.99. The molecule has 0 fully saturated rings. The van der Waals surface area contributed by atoms with Gasteiger partial charge in [-0.15, -0.1) is 0 Å². The van der Waals surface area contributed by atoms with E-state index in [0.717, 1.165) is 33.6 Å². The molecule has 0 saturated heterocycles. The van der Waals surface area contributed by atoms with E-state index in [2.05, 4.69) is 119 Å². The highest BCUT2D eigenvalue weighted by molar-refractivity contribution is 6.11. The van der Waals surface area contributed by atoms with Crippen LogP contribution in [0.3, 0.4) is 0 Å². The molecule has 7 rings (SSSR count). The Morgan fingerprint density at radius 1 is 0.559 bits per heavy atom. The minimum Gasteiger partial charge on any atom is -0.354 e. The molecular formula is C31H21N3. The van der Waals surface area contributed by atoms with E-state index in [9.17, 15) is 0 Å². The Labute approximate surface area is 196 Å². The van der Waals surface area contributed by atoms with Crippen molar-refractivity contribution in [3.8, 4) is 28.2 Å². The van der Waals surface area contributed by atoms with Gasteiger partial charge in [0.1, 0.15) is 5.82 Å². The number of rotatable bonds is 3. The molecule has 0 saturated carbocycles. The third kappa shape index (κ3) is 2.87. The van der Waals surface area contributed by atoms with E-state index < -0.39 is 0 Å². The summed E-state index contributed by atoms with van der Waals surface area (Å²) in [5.74, 6) is 0.947. The average Bonchev–Trinajstić information content (AvgIpc) is 3.48. The molecule has 0 radical (unpaired) electrons. The molecule has 34 heavy (non-hydrogen) atoms. The minimum absolute atomic E-state index is 0.947. The fourth-order valence-corrected chi connectivity index (χ4v) is 4.97. The molecule has 0 aliphatic rings. The van der Waals surface area contributed by atoms with E-state index in [0.29, 0.717) is 0 Å². The van der Waals surface area contributed by atoms with E-state index in [-0.39, 0.29) is 0 Å². The van der Waals surface area contributed by atoms with E-state index in [1.165, 1.54) is 27.4 Å². The maximum atomic E-state index is 5.00. The molecule has 3 heteroatoms. The Kier molecular flexibility index (Phi) is 4.15. The van der Waals surface area contributed by atoms with Gasteiger partial charge in [-0.25, -0.2) is 4.98 Å². The molecule has 0 amide bonds. The number of nitrogens with zero attached hydrogens (tertiary/aromatic N) is 2. The van der Waals surface area contributed by atoms with Crippen LogP contribution in [0.2, 0.25) is 0 Å². The van der Waals surface area contributed by atoms with Gasteiger partial charge in [-0.05, 0) is 35.9 Å². The predicted molar refractivity (Wildman–Crippen MR) is 141 cm³/mol. The van der Waals surface area contributed by atoms with Crippen LogP contribution in [0.25, 0.3) is 61.0 Å². The second kappa shape index (κ2) is 7.46. The molecule has 5 aromatic carbocycles. The maximum absolute atomic E-state index is 5.00. The van der Waals surface area contributed by atoms with Crippen molar-refractivity contribution in [2.75, 3.05) is 0 Å². The summed E-state index contributed by atoms with van der Waals surface area (Å²) < 4.78 is 2.24. The molecule has 7 aromatic rings. The van der Waals surface area contributed by atoms with Gasteiger partial charge in [0.05, 0.1) is 16.6 Å². The number of fused-ring (bicyclic) bond motifs is 4. The zero-order valence-corrected chi connectivity index (χ0v) is 18.4. The van der Waals surface area contributed by atoms with E-state index in [1.54, 1.807) is 0 Å². The van der Waals surface area contributed by atoms with Gasteiger partial charge in [0.15, 0.2) is 0 Å². The molecule has 0 aliphatic heterocycles. The van der Waals surface area contributed by atoms with Crippen molar-refractivity contribution in [3.63, 3.8) is 0 Å². The topological polar surface area (TPSA) is 33.6 Å². The molecule has 0 aliphatic carbocycles. The zero-order chi connectivity index (χ0) is 22.5. The summed E-state index contributed by atoms with van der Waals surface area (Å²) in [5, 5.41) is 2.51. The zero-order valence-electron chi connectivity index (χ0n) is 18.4. The van der Waals surface area contributed by atoms with E-state index >= 15 is 0 Å². The van der Waals surface area contributed by atoms with Crippen LogP contribution < -0.4 is 0 Å². The Morgan fingerprint density at radius 2 is 1.26 bits per heavy atom. The van der Waals surface area contributed by atoms with Crippen LogP contribution in [0.5, 0.6) is 0 Å². The number of hydrogen-bond donors (Lipinski definition) is 1. The number of para-hydroxylation sites is 5. The van der Waals surface area contributed by atoms with Crippen LogP contribution in [-0.4, -0.2) is 14.5 Å². The smallest absolute Gasteiger partial charge is 0.145 e. The van der Waals surface area contributed by atoms with Crippen molar-refractivity contribution >= 4 is 32.8 Å². The molecule has 160 valence electrons. The summed E-state index contributed by atoms with van der Waals surface area (Å²) in [5.41, 5.74) is 9.03. The number of aromatic amines is 1. The van der Waals surface area contributed by atoms with E-state index in [4.69, 9.17) is 4.98 Å². The lowest BCUT2D eigenvalue weighted by atomic mass is 10.0. The highest BCUT2D eigenvalue weighted by atomic mass is 15.1. The van der Waals surface area contributed by atoms with Crippen LogP contribution in [-0.2, 0) is 0 Å². The summed E-state index contributed by atoms with van der Waals surface area (Å²) in [6.45, 7) is 0. The second-order valence-corrected chi connectivity index (χ2v) is 8.57. The van der Waals surface area contributed by atoms with Crippen molar-refractivity contribution in [2.45, 2.75) is 0 Å². The quantitative estimate of drug-likeness (QED) is 0.300. The van der Waals surface area contributed by atoms with Crippen molar-refractivity contribution in [3.05, 3.63) is 121 Å². The highest BCUT2D eigenvalue weighted by Gasteiger charge is 2.15. The highest BCUT2D eigenvalue weighted by Crippen LogP contribution is 2.35. The van der Waals surface area contributed by atoms with Gasteiger partial charge in [-0.2, -0.15) is 0 Å². The number of hydrogen-bond acceptors (Lipinski definition) is 1. The fraction of sp³-hybridized carbons (Fsp3) is 0. The van der Waals surface area contributed by atoms with Crippen LogP contribution >= 0.6 is 0 Å². The average molecular weight is 436 g/mol. The molecule has 0 spiro atoms. The van der Waals surface area contributed by atoms with Gasteiger partial charge in [-0.3, -0.25) is 4.57 Å². The summed E-state index contributed by atoms with van der Waals surface area (Å²) in [7, 11) is 0. The Balaban J connectivity index is 1.38. The first-order valence-electron chi connectivity index (χ1n) is 11.5. The molecule has 0 atom stereocenters. The maximum Gasteiger partial charge on any atom is 0.145 e. The molecule has 0 bridgehead atoms. The Hall–Kier alpha value is -4.63. The monoisotopic (exact) mass is 435 g/mol. The first-order chi connectivity index (χ1) is 16.9. The Bertz CT molecular complexity index is 1790. The first kappa shape index (κ1) is 18.9. The molecule has 0 unspecified atom stereocenters. The minimum atomic E-state index is 0.947. The molecule has 1 N–H and O–H groups in total. The number of H-pyrrole nitrogens is 1.